The zero-order valence-electron chi connectivity index (χ0n) is 10.1. The number of nitro benzene ring substituents is 1. The van der Waals surface area contributed by atoms with Crippen molar-refractivity contribution in [2.45, 2.75) is 6.54 Å². The second kappa shape index (κ2) is 5.89. The minimum atomic E-state index is -0.593. The van der Waals surface area contributed by atoms with E-state index in [0.717, 1.165) is 4.88 Å². The molecule has 104 valence electrons. The highest BCUT2D eigenvalue weighted by molar-refractivity contribution is 7.16. The van der Waals surface area contributed by atoms with Crippen molar-refractivity contribution >= 4 is 40.2 Å². The van der Waals surface area contributed by atoms with Crippen molar-refractivity contribution in [3.63, 3.8) is 0 Å². The number of carbonyl (C=O) groups is 1. The molecule has 0 aliphatic rings. The summed E-state index contributed by atoms with van der Waals surface area (Å²) in [6, 6.07) is 7.43. The Kier molecular flexibility index (Phi) is 4.21. The average molecular weight is 312 g/mol. The van der Waals surface area contributed by atoms with E-state index in [1.807, 2.05) is 6.07 Å². The van der Waals surface area contributed by atoms with Gasteiger partial charge in [0.15, 0.2) is 0 Å². The first-order valence-corrected chi connectivity index (χ1v) is 6.73. The first-order chi connectivity index (χ1) is 9.47. The van der Waals surface area contributed by atoms with Crippen LogP contribution >= 0.6 is 22.9 Å². The topological polar surface area (TPSA) is 98.3 Å². The minimum Gasteiger partial charge on any atom is -0.393 e. The molecule has 3 N–H and O–H groups in total. The zero-order chi connectivity index (χ0) is 14.7. The smallest absolute Gasteiger partial charge is 0.292 e. The fourth-order valence-corrected chi connectivity index (χ4v) is 2.61. The molecule has 0 atom stereocenters. The van der Waals surface area contributed by atoms with E-state index < -0.39 is 4.92 Å². The molecule has 1 amide bonds. The van der Waals surface area contributed by atoms with E-state index >= 15 is 0 Å². The van der Waals surface area contributed by atoms with Gasteiger partial charge in [0, 0.05) is 16.5 Å². The van der Waals surface area contributed by atoms with Crippen LogP contribution in [-0.2, 0) is 6.54 Å². The standard InChI is InChI=1S/C12H10ClN3O3S/c13-11-4-2-8(20-11)6-15-12(17)7-1-3-10(16(18)19)9(14)5-7/h1-5H,6,14H2,(H,15,17). The van der Waals surface area contributed by atoms with Crippen molar-refractivity contribution in [3.05, 3.63) is 55.2 Å². The molecule has 0 bridgehead atoms. The minimum absolute atomic E-state index is 0.0400. The molecule has 2 rings (SSSR count). The van der Waals surface area contributed by atoms with E-state index in [9.17, 15) is 14.9 Å². The van der Waals surface area contributed by atoms with Crippen LogP contribution in [-0.4, -0.2) is 10.8 Å². The Bertz CT molecular complexity index is 672. The molecular formula is C12H10ClN3O3S. The van der Waals surface area contributed by atoms with Crippen molar-refractivity contribution in [3.8, 4) is 0 Å². The first-order valence-electron chi connectivity index (χ1n) is 5.53. The van der Waals surface area contributed by atoms with Crippen molar-refractivity contribution in [2.75, 3.05) is 5.73 Å². The van der Waals surface area contributed by atoms with Crippen LogP contribution in [0.1, 0.15) is 15.2 Å². The number of thiophene rings is 1. The maximum atomic E-state index is 11.9. The number of anilines is 1. The molecule has 1 aromatic carbocycles. The summed E-state index contributed by atoms with van der Waals surface area (Å²) in [6.45, 7) is 0.340. The number of nitrogens with two attached hydrogens (primary N) is 1. The zero-order valence-corrected chi connectivity index (χ0v) is 11.7. The van der Waals surface area contributed by atoms with Gasteiger partial charge in [0.05, 0.1) is 15.8 Å². The molecular weight excluding hydrogens is 302 g/mol. The number of nitro groups is 1. The fourth-order valence-electron chi connectivity index (χ4n) is 1.58. The van der Waals surface area contributed by atoms with Gasteiger partial charge in [0.25, 0.3) is 11.6 Å². The third-order valence-electron chi connectivity index (χ3n) is 2.54. The van der Waals surface area contributed by atoms with Crippen LogP contribution in [0.5, 0.6) is 0 Å². The Labute approximate surface area is 123 Å². The molecule has 0 radical (unpaired) electrons. The van der Waals surface area contributed by atoms with Gasteiger partial charge >= 0.3 is 0 Å². The number of halogens is 1. The van der Waals surface area contributed by atoms with Gasteiger partial charge in [-0.05, 0) is 24.3 Å². The Balaban J connectivity index is 2.06. The lowest BCUT2D eigenvalue weighted by Gasteiger charge is -2.05. The molecule has 2 aromatic rings. The lowest BCUT2D eigenvalue weighted by Crippen LogP contribution is -2.22. The largest absolute Gasteiger partial charge is 0.393 e. The lowest BCUT2D eigenvalue weighted by atomic mass is 10.1. The summed E-state index contributed by atoms with van der Waals surface area (Å²) in [5.74, 6) is -0.351. The molecule has 0 spiro atoms. The van der Waals surface area contributed by atoms with Crippen LogP contribution in [0.25, 0.3) is 0 Å². The summed E-state index contributed by atoms with van der Waals surface area (Å²) < 4.78 is 0.647. The highest BCUT2D eigenvalue weighted by Crippen LogP contribution is 2.23. The van der Waals surface area contributed by atoms with Gasteiger partial charge in [-0.25, -0.2) is 0 Å². The monoisotopic (exact) mass is 311 g/mol. The maximum absolute atomic E-state index is 11.9. The van der Waals surface area contributed by atoms with Crippen LogP contribution < -0.4 is 11.1 Å². The highest BCUT2D eigenvalue weighted by Gasteiger charge is 2.14. The summed E-state index contributed by atoms with van der Waals surface area (Å²) in [7, 11) is 0. The third kappa shape index (κ3) is 3.25. The van der Waals surface area contributed by atoms with Crippen LogP contribution in [0.4, 0.5) is 11.4 Å². The number of amides is 1. The normalized spacial score (nSPS) is 10.2. The molecule has 0 saturated carbocycles. The van der Waals surface area contributed by atoms with Gasteiger partial charge < -0.3 is 11.1 Å². The van der Waals surface area contributed by atoms with Crippen LogP contribution in [0.15, 0.2) is 30.3 Å². The highest BCUT2D eigenvalue weighted by atomic mass is 35.5. The molecule has 8 heteroatoms. The number of nitrogens with zero attached hydrogens (tertiary/aromatic N) is 1. The molecule has 0 aliphatic carbocycles. The summed E-state index contributed by atoms with van der Waals surface area (Å²) in [4.78, 5) is 22.8. The lowest BCUT2D eigenvalue weighted by molar-refractivity contribution is -0.383. The van der Waals surface area contributed by atoms with E-state index in [1.165, 1.54) is 29.5 Å². The summed E-state index contributed by atoms with van der Waals surface area (Å²) in [6.07, 6.45) is 0. The van der Waals surface area contributed by atoms with E-state index in [1.54, 1.807) is 6.07 Å². The third-order valence-corrected chi connectivity index (χ3v) is 3.77. The van der Waals surface area contributed by atoms with Crippen molar-refractivity contribution in [2.24, 2.45) is 0 Å². The fraction of sp³-hybridized carbons (Fsp3) is 0.0833. The number of hydrogen-bond donors (Lipinski definition) is 2. The molecule has 6 nitrogen and oxygen atoms in total. The first kappa shape index (κ1) is 14.3. The van der Waals surface area contributed by atoms with Gasteiger partial charge in [-0.3, -0.25) is 14.9 Å². The number of rotatable bonds is 4. The van der Waals surface area contributed by atoms with Gasteiger partial charge in [-0.1, -0.05) is 11.6 Å². The SMILES string of the molecule is Nc1cc(C(=O)NCc2ccc(Cl)s2)ccc1[N+](=O)[O-]. The number of hydrogen-bond acceptors (Lipinski definition) is 5. The molecule has 1 aromatic heterocycles. The quantitative estimate of drug-likeness (QED) is 0.515. The Hall–Kier alpha value is -2.12. The predicted octanol–water partition coefficient (Wildman–Crippen LogP) is 2.82. The van der Waals surface area contributed by atoms with Crippen molar-refractivity contribution in [1.82, 2.24) is 5.32 Å². The number of nitrogen functional groups attached to an aromatic ring is 1. The average Bonchev–Trinajstić information content (AvgIpc) is 2.81. The van der Waals surface area contributed by atoms with E-state index in [4.69, 9.17) is 17.3 Å². The van der Waals surface area contributed by atoms with Gasteiger partial charge in [0.1, 0.15) is 5.69 Å². The molecule has 0 unspecified atom stereocenters. The summed E-state index contributed by atoms with van der Waals surface area (Å²) in [5.41, 5.74) is 5.55. The molecule has 0 aliphatic heterocycles. The van der Waals surface area contributed by atoms with Crippen molar-refractivity contribution < 1.29 is 9.72 Å². The van der Waals surface area contributed by atoms with Crippen molar-refractivity contribution in [1.29, 1.82) is 0 Å². The van der Waals surface area contributed by atoms with Crippen LogP contribution in [0, 0.1) is 10.1 Å². The van der Waals surface area contributed by atoms with E-state index in [-0.39, 0.29) is 22.8 Å². The molecule has 1 heterocycles. The van der Waals surface area contributed by atoms with Crippen LogP contribution in [0.3, 0.4) is 0 Å². The Morgan fingerprint density at radius 3 is 2.70 bits per heavy atom. The van der Waals surface area contributed by atoms with Crippen LogP contribution in [0.2, 0.25) is 4.34 Å². The Morgan fingerprint density at radius 2 is 2.15 bits per heavy atom. The number of benzene rings is 1. The summed E-state index contributed by atoms with van der Waals surface area (Å²) in [5, 5.41) is 13.3. The second-order valence-electron chi connectivity index (χ2n) is 3.92. The van der Waals surface area contributed by atoms with Gasteiger partial charge in [0.2, 0.25) is 0 Å². The number of carbonyl (C=O) groups excluding carboxylic acids is 1. The van der Waals surface area contributed by atoms with Gasteiger partial charge in [-0.15, -0.1) is 11.3 Å². The van der Waals surface area contributed by atoms with Gasteiger partial charge in [-0.2, -0.15) is 0 Å². The molecule has 0 saturated heterocycles. The van der Waals surface area contributed by atoms with E-state index in [2.05, 4.69) is 5.32 Å². The molecule has 20 heavy (non-hydrogen) atoms. The predicted molar refractivity (Wildman–Crippen MR) is 78.0 cm³/mol. The molecule has 0 fully saturated rings. The number of nitrogens with one attached hydrogen (secondary N) is 1. The van der Waals surface area contributed by atoms with E-state index in [0.29, 0.717) is 10.9 Å². The Morgan fingerprint density at radius 1 is 1.40 bits per heavy atom. The summed E-state index contributed by atoms with van der Waals surface area (Å²) >= 11 is 7.16. The maximum Gasteiger partial charge on any atom is 0.292 e. The second-order valence-corrected chi connectivity index (χ2v) is 5.72.